The summed E-state index contributed by atoms with van der Waals surface area (Å²) in [5.41, 5.74) is 0.952. The molecule has 4 nitrogen and oxygen atoms in total. The average Bonchev–Trinajstić information content (AvgIpc) is 2.65. The van der Waals surface area contributed by atoms with Gasteiger partial charge in [-0.15, -0.1) is 0 Å². The first-order chi connectivity index (χ1) is 8.87. The van der Waals surface area contributed by atoms with E-state index in [1.54, 1.807) is 6.92 Å². The second-order valence-corrected chi connectivity index (χ2v) is 6.61. The zero-order valence-electron chi connectivity index (χ0n) is 11.7. The molecule has 0 aromatic carbocycles. The molecule has 0 radical (unpaired) electrons. The van der Waals surface area contributed by atoms with Crippen LogP contribution in [0, 0.1) is 17.3 Å². The van der Waals surface area contributed by atoms with E-state index < -0.39 is 6.10 Å². The highest BCUT2D eigenvalue weighted by Gasteiger charge is 2.58. The number of aliphatic hydroxyl groups excluding tert-OH is 2. The summed E-state index contributed by atoms with van der Waals surface area (Å²) in [6, 6.07) is 0. The number of hydrogen-bond donors (Lipinski definition) is 2. The van der Waals surface area contributed by atoms with Gasteiger partial charge in [0.05, 0.1) is 12.2 Å². The summed E-state index contributed by atoms with van der Waals surface area (Å²) in [5.74, 6) is 0.0288. The Balaban J connectivity index is 2.04. The third-order valence-electron chi connectivity index (χ3n) is 5.97. The van der Waals surface area contributed by atoms with Crippen molar-refractivity contribution in [1.82, 2.24) is 0 Å². The Labute approximate surface area is 113 Å². The molecule has 0 saturated heterocycles. The van der Waals surface area contributed by atoms with E-state index in [-0.39, 0.29) is 29.5 Å². The second-order valence-electron chi connectivity index (χ2n) is 6.61. The van der Waals surface area contributed by atoms with Gasteiger partial charge in [0.1, 0.15) is 6.10 Å². The molecule has 0 unspecified atom stereocenters. The van der Waals surface area contributed by atoms with Crippen LogP contribution in [0.25, 0.3) is 0 Å². The second kappa shape index (κ2) is 4.06. The zero-order valence-corrected chi connectivity index (χ0v) is 11.7. The van der Waals surface area contributed by atoms with E-state index in [1.165, 1.54) is 0 Å². The number of ether oxygens (including phenoxy) is 1. The van der Waals surface area contributed by atoms with E-state index in [2.05, 4.69) is 6.92 Å². The van der Waals surface area contributed by atoms with Gasteiger partial charge in [0, 0.05) is 16.6 Å². The summed E-state index contributed by atoms with van der Waals surface area (Å²) >= 11 is 0. The molecule has 2 fully saturated rings. The molecule has 2 N–H and O–H groups in total. The van der Waals surface area contributed by atoms with E-state index in [4.69, 9.17) is 4.74 Å². The first-order valence-corrected chi connectivity index (χ1v) is 7.15. The minimum absolute atomic E-state index is 0.0261. The minimum Gasteiger partial charge on any atom is -0.454 e. The molecule has 19 heavy (non-hydrogen) atoms. The Hall–Kier alpha value is -0.870. The first-order valence-electron chi connectivity index (χ1n) is 7.15. The zero-order chi connectivity index (χ0) is 13.9. The van der Waals surface area contributed by atoms with E-state index in [0.717, 1.165) is 24.8 Å². The maximum atomic E-state index is 11.7. The Morgan fingerprint density at radius 2 is 2.00 bits per heavy atom. The summed E-state index contributed by atoms with van der Waals surface area (Å²) in [6.45, 7) is 5.79. The first kappa shape index (κ1) is 13.1. The molecule has 6 atom stereocenters. The molecule has 3 rings (SSSR count). The summed E-state index contributed by atoms with van der Waals surface area (Å²) < 4.78 is 5.37. The normalized spacial score (nSPS) is 49.7. The maximum Gasteiger partial charge on any atom is 0.334 e. The number of carbonyl (C=O) groups excluding carboxylic acids is 1. The van der Waals surface area contributed by atoms with Gasteiger partial charge in [-0.1, -0.05) is 13.8 Å². The molecule has 0 aromatic heterocycles. The molecular formula is C15H22O4. The van der Waals surface area contributed by atoms with Crippen LogP contribution in [-0.2, 0) is 9.53 Å². The smallest absolute Gasteiger partial charge is 0.334 e. The van der Waals surface area contributed by atoms with Crippen LogP contribution >= 0.6 is 0 Å². The van der Waals surface area contributed by atoms with Crippen LogP contribution in [0.15, 0.2) is 11.1 Å². The molecule has 2 aliphatic carbocycles. The highest BCUT2D eigenvalue weighted by molar-refractivity contribution is 5.92. The number of hydrogen-bond acceptors (Lipinski definition) is 4. The lowest BCUT2D eigenvalue weighted by molar-refractivity contribution is -0.152. The van der Waals surface area contributed by atoms with Crippen molar-refractivity contribution in [2.75, 3.05) is 0 Å². The third kappa shape index (κ3) is 1.56. The lowest BCUT2D eigenvalue weighted by Gasteiger charge is -2.55. The van der Waals surface area contributed by atoms with Crippen molar-refractivity contribution < 1.29 is 19.7 Å². The van der Waals surface area contributed by atoms with Crippen molar-refractivity contribution >= 4 is 5.97 Å². The molecule has 1 heterocycles. The number of rotatable bonds is 0. The van der Waals surface area contributed by atoms with Crippen molar-refractivity contribution in [3.63, 3.8) is 0 Å². The molecule has 0 spiro atoms. The monoisotopic (exact) mass is 266 g/mol. The molecule has 106 valence electrons. The summed E-state index contributed by atoms with van der Waals surface area (Å²) in [6.07, 6.45) is 1.14. The lowest BCUT2D eigenvalue weighted by Crippen LogP contribution is -2.57. The van der Waals surface area contributed by atoms with E-state index in [9.17, 15) is 15.0 Å². The number of carbonyl (C=O) groups is 1. The molecule has 0 bridgehead atoms. The van der Waals surface area contributed by atoms with E-state index >= 15 is 0 Å². The van der Waals surface area contributed by atoms with Crippen molar-refractivity contribution in [2.24, 2.45) is 17.3 Å². The molecule has 4 heteroatoms. The summed E-state index contributed by atoms with van der Waals surface area (Å²) in [7, 11) is 0. The molecule has 3 aliphatic rings. The van der Waals surface area contributed by atoms with Crippen LogP contribution in [-0.4, -0.2) is 34.5 Å². The van der Waals surface area contributed by atoms with Crippen LogP contribution in [0.5, 0.6) is 0 Å². The highest BCUT2D eigenvalue weighted by atomic mass is 16.5. The number of fused-ring (bicyclic) bond motifs is 2. The lowest BCUT2D eigenvalue weighted by atomic mass is 9.52. The molecule has 2 saturated carbocycles. The van der Waals surface area contributed by atoms with Crippen molar-refractivity contribution in [2.45, 2.75) is 58.3 Å². The van der Waals surface area contributed by atoms with Crippen LogP contribution in [0.1, 0.15) is 40.0 Å². The largest absolute Gasteiger partial charge is 0.454 e. The van der Waals surface area contributed by atoms with Gasteiger partial charge >= 0.3 is 5.97 Å². The maximum absolute atomic E-state index is 11.7. The van der Waals surface area contributed by atoms with Crippen LogP contribution in [0.2, 0.25) is 0 Å². The van der Waals surface area contributed by atoms with Gasteiger partial charge in [-0.3, -0.25) is 0 Å². The fourth-order valence-corrected chi connectivity index (χ4v) is 4.35. The minimum atomic E-state index is -0.687. The topological polar surface area (TPSA) is 66.8 Å². The number of esters is 1. The molecule has 0 amide bonds. The van der Waals surface area contributed by atoms with Gasteiger partial charge in [0.25, 0.3) is 0 Å². The highest BCUT2D eigenvalue weighted by Crippen LogP contribution is 2.56. The Kier molecular flexibility index (Phi) is 2.81. The van der Waals surface area contributed by atoms with Gasteiger partial charge in [-0.05, 0) is 38.0 Å². The van der Waals surface area contributed by atoms with Crippen molar-refractivity contribution in [1.29, 1.82) is 0 Å². The Morgan fingerprint density at radius 1 is 1.32 bits per heavy atom. The third-order valence-corrected chi connectivity index (χ3v) is 5.97. The van der Waals surface area contributed by atoms with Gasteiger partial charge < -0.3 is 14.9 Å². The van der Waals surface area contributed by atoms with Gasteiger partial charge in [0.2, 0.25) is 0 Å². The van der Waals surface area contributed by atoms with Crippen LogP contribution < -0.4 is 0 Å². The average molecular weight is 266 g/mol. The van der Waals surface area contributed by atoms with E-state index in [0.29, 0.717) is 11.5 Å². The SMILES string of the molecule is CC1=C2[C@@H](C[C@@H]3CC[C@@H](O)[C@@H](C)[C@]3(C)[C@H]2O)OC1=O. The molecular weight excluding hydrogens is 244 g/mol. The van der Waals surface area contributed by atoms with Crippen molar-refractivity contribution in [3.8, 4) is 0 Å². The van der Waals surface area contributed by atoms with Gasteiger partial charge in [-0.25, -0.2) is 4.79 Å². The standard InChI is InChI=1S/C15H22O4/c1-7-12-11(19-14(7)18)6-9-4-5-10(16)8(2)15(9,3)13(12)17/h8-11,13,16-17H,4-6H2,1-3H3/t8-,9+,10-,11-,13+,15+/m1/s1. The Bertz CT molecular complexity index is 455. The van der Waals surface area contributed by atoms with Gasteiger partial charge in [-0.2, -0.15) is 0 Å². The number of aliphatic hydroxyl groups is 2. The van der Waals surface area contributed by atoms with E-state index in [1.807, 2.05) is 6.92 Å². The van der Waals surface area contributed by atoms with Crippen LogP contribution in [0.3, 0.4) is 0 Å². The predicted octanol–water partition coefficient (Wildman–Crippen LogP) is 1.41. The quantitative estimate of drug-likeness (QED) is 0.651. The Morgan fingerprint density at radius 3 is 2.68 bits per heavy atom. The van der Waals surface area contributed by atoms with Gasteiger partial charge in [0.15, 0.2) is 0 Å². The molecule has 0 aromatic rings. The predicted molar refractivity (Wildman–Crippen MR) is 69.2 cm³/mol. The van der Waals surface area contributed by atoms with Crippen LogP contribution in [0.4, 0.5) is 0 Å². The van der Waals surface area contributed by atoms with Crippen molar-refractivity contribution in [3.05, 3.63) is 11.1 Å². The molecule has 1 aliphatic heterocycles. The summed E-state index contributed by atoms with van der Waals surface area (Å²) in [5, 5.41) is 20.9. The fraction of sp³-hybridized carbons (Fsp3) is 0.800. The summed E-state index contributed by atoms with van der Waals surface area (Å²) in [4.78, 5) is 11.7. The fourth-order valence-electron chi connectivity index (χ4n) is 4.35.